The number of rotatable bonds is 12. The Labute approximate surface area is 250 Å². The Morgan fingerprint density at radius 3 is 1.46 bits per heavy atom. The molecule has 41 heavy (non-hydrogen) atoms. The van der Waals surface area contributed by atoms with E-state index in [1.807, 2.05) is 74.5 Å². The van der Waals surface area contributed by atoms with E-state index in [1.165, 1.54) is 0 Å². The van der Waals surface area contributed by atoms with Gasteiger partial charge in [-0.1, -0.05) is 38.1 Å². The van der Waals surface area contributed by atoms with Crippen molar-refractivity contribution in [1.29, 1.82) is 0 Å². The van der Waals surface area contributed by atoms with Crippen molar-refractivity contribution in [3.05, 3.63) is 71.8 Å². The minimum Gasteiger partial charge on any atom is -0.255 e. The zero-order valence-corrected chi connectivity index (χ0v) is 26.9. The number of nitrogens with zero attached hydrogens (tertiary/aromatic N) is 2. The summed E-state index contributed by atoms with van der Waals surface area (Å²) in [6, 6.07) is 15.4. The van der Waals surface area contributed by atoms with E-state index in [0.29, 0.717) is 52.1 Å². The van der Waals surface area contributed by atoms with Crippen molar-refractivity contribution in [3.63, 3.8) is 0 Å². The van der Waals surface area contributed by atoms with Crippen molar-refractivity contribution in [2.75, 3.05) is 51.8 Å². The summed E-state index contributed by atoms with van der Waals surface area (Å²) in [4.78, 5) is 1.54. The number of hydroxylamine groups is 6. The molecule has 224 valence electrons. The lowest BCUT2D eigenvalue weighted by Crippen LogP contribution is -2.56. The van der Waals surface area contributed by atoms with E-state index in [4.69, 9.17) is 8.57 Å². The van der Waals surface area contributed by atoms with Gasteiger partial charge < -0.3 is 0 Å². The Morgan fingerprint density at radius 1 is 0.732 bits per heavy atom. The van der Waals surface area contributed by atoms with Crippen molar-refractivity contribution < 1.29 is 34.7 Å². The molecular formula is C30H42N2O6S3+2. The summed E-state index contributed by atoms with van der Waals surface area (Å²) in [6.07, 6.45) is 10.2. The van der Waals surface area contributed by atoms with Crippen LogP contribution in [0.4, 0.5) is 0 Å². The van der Waals surface area contributed by atoms with Gasteiger partial charge in [-0.15, -0.1) is 0 Å². The maximum Gasteiger partial charge on any atom is 0.490 e. The molecule has 4 atom stereocenters. The van der Waals surface area contributed by atoms with Gasteiger partial charge in [-0.25, -0.2) is 0 Å². The second-order valence-corrected chi connectivity index (χ2v) is 14.7. The number of hydrogen-bond acceptors (Lipinski definition) is 6. The zero-order chi connectivity index (χ0) is 29.7. The first-order chi connectivity index (χ1) is 19.5. The third kappa shape index (κ3) is 8.10. The molecule has 8 nitrogen and oxygen atoms in total. The van der Waals surface area contributed by atoms with Crippen LogP contribution in [-0.2, 0) is 40.6 Å². The molecule has 0 radical (unpaired) electrons. The van der Waals surface area contributed by atoms with E-state index < -0.39 is 32.0 Å². The highest BCUT2D eigenvalue weighted by Crippen LogP contribution is 2.32. The van der Waals surface area contributed by atoms with Crippen molar-refractivity contribution in [3.8, 4) is 0 Å². The molecule has 0 N–H and O–H groups in total. The van der Waals surface area contributed by atoms with Crippen LogP contribution in [0.25, 0.3) is 11.1 Å². The van der Waals surface area contributed by atoms with E-state index >= 15 is 0 Å². The maximum absolute atomic E-state index is 13.5. The Kier molecular flexibility index (Phi) is 10.5. The molecule has 0 amide bonds. The molecule has 2 aromatic rings. The van der Waals surface area contributed by atoms with Gasteiger partial charge in [0.05, 0.1) is 0 Å². The van der Waals surface area contributed by atoms with Gasteiger partial charge in [0.2, 0.25) is 0 Å². The summed E-state index contributed by atoms with van der Waals surface area (Å²) in [5.74, 6) is 0. The van der Waals surface area contributed by atoms with Crippen LogP contribution in [-0.4, -0.2) is 77.9 Å². The van der Waals surface area contributed by atoms with Crippen LogP contribution in [0.5, 0.6) is 0 Å². The minimum absolute atomic E-state index is 0.0457. The largest absolute Gasteiger partial charge is 0.490 e. The topological polar surface area (TPSA) is 86.7 Å². The first-order valence-corrected chi connectivity index (χ1v) is 18.6. The molecule has 4 unspecified atom stereocenters. The van der Waals surface area contributed by atoms with E-state index in [9.17, 15) is 16.8 Å². The molecule has 2 aromatic carbocycles. The van der Waals surface area contributed by atoms with Crippen molar-refractivity contribution in [2.24, 2.45) is 0 Å². The Hall–Kier alpha value is -1.99. The molecule has 11 heteroatoms. The maximum atomic E-state index is 13.5. The third-order valence-corrected chi connectivity index (χ3v) is 10.6. The molecule has 0 aromatic heterocycles. The molecule has 0 bridgehead atoms. The summed E-state index contributed by atoms with van der Waals surface area (Å²) < 4.78 is 62.6. The fourth-order valence-electron chi connectivity index (χ4n) is 5.69. The standard InChI is InChI=1S/C30H42N2O6S3/c1-5-17-31(19-13-25(14-20-31)27-9-7-11-29(23-27)39(3)33)37-41(35,36)38-32(18-6-2)21-15-26(16-22-32)28-10-8-12-30(24-28)40(4)34/h7-13,15,23-24H,5-6,14,16-22H2,1-4H3/q+2. The Morgan fingerprint density at radius 2 is 1.15 bits per heavy atom. The van der Waals surface area contributed by atoms with Crippen LogP contribution in [0, 0.1) is 0 Å². The molecule has 4 rings (SSSR count). The van der Waals surface area contributed by atoms with E-state index in [0.717, 1.165) is 44.9 Å². The smallest absolute Gasteiger partial charge is 0.255 e. The summed E-state index contributed by atoms with van der Waals surface area (Å²) >= 11 is 0. The average molecular weight is 623 g/mol. The quantitative estimate of drug-likeness (QED) is 0.310. The average Bonchev–Trinajstić information content (AvgIpc) is 2.93. The van der Waals surface area contributed by atoms with E-state index in [-0.39, 0.29) is 9.29 Å². The van der Waals surface area contributed by atoms with E-state index in [1.54, 1.807) is 12.5 Å². The van der Waals surface area contributed by atoms with Crippen LogP contribution >= 0.6 is 0 Å². The van der Waals surface area contributed by atoms with Crippen molar-refractivity contribution >= 4 is 43.1 Å². The zero-order valence-electron chi connectivity index (χ0n) is 24.4. The van der Waals surface area contributed by atoms with Crippen LogP contribution in [0.1, 0.15) is 50.7 Å². The highest BCUT2D eigenvalue weighted by molar-refractivity contribution is 7.84. The van der Waals surface area contributed by atoms with Gasteiger partial charge in [0.25, 0.3) is 0 Å². The molecule has 2 aliphatic heterocycles. The van der Waals surface area contributed by atoms with Gasteiger partial charge in [-0.05, 0) is 80.1 Å². The van der Waals surface area contributed by atoms with Crippen LogP contribution in [0.2, 0.25) is 0 Å². The molecule has 2 heterocycles. The monoisotopic (exact) mass is 622 g/mol. The summed E-state index contributed by atoms with van der Waals surface area (Å²) in [5.41, 5.74) is 4.21. The van der Waals surface area contributed by atoms with Gasteiger partial charge in [0.1, 0.15) is 39.3 Å². The lowest BCUT2D eigenvalue weighted by atomic mass is 9.99. The lowest BCUT2D eigenvalue weighted by Gasteiger charge is -2.39. The first-order valence-electron chi connectivity index (χ1n) is 14.1. The molecule has 0 saturated carbocycles. The summed E-state index contributed by atoms with van der Waals surface area (Å²) in [5, 5.41) is 0. The highest BCUT2D eigenvalue weighted by Gasteiger charge is 2.44. The summed E-state index contributed by atoms with van der Waals surface area (Å²) in [6.45, 7) is 6.90. The first kappa shape index (κ1) is 31.9. The van der Waals surface area contributed by atoms with Crippen LogP contribution < -0.4 is 0 Å². The van der Waals surface area contributed by atoms with Gasteiger partial charge >= 0.3 is 10.4 Å². The molecular weight excluding hydrogens is 581 g/mol. The van der Waals surface area contributed by atoms with Crippen LogP contribution in [0.15, 0.2) is 70.5 Å². The van der Waals surface area contributed by atoms with Crippen LogP contribution in [0.3, 0.4) is 0 Å². The predicted octanol–water partition coefficient (Wildman–Crippen LogP) is 5.00. The SMILES string of the molecule is CCC[N+]1(OS(=O)(=O)O[N+]2(CCC)CC=C(c3cccc(S(C)=O)c3)CC2)CC=C(c2cccc(S(C)=O)c2)CC1. The lowest BCUT2D eigenvalue weighted by molar-refractivity contribution is -1.10. The van der Waals surface area contributed by atoms with Gasteiger partial charge in [-0.2, -0.15) is 17.7 Å². The molecule has 0 aliphatic carbocycles. The second-order valence-electron chi connectivity index (χ2n) is 10.9. The highest BCUT2D eigenvalue weighted by atomic mass is 32.3. The van der Waals surface area contributed by atoms with Crippen molar-refractivity contribution in [2.45, 2.75) is 49.3 Å². The number of quaternary nitrogens is 2. The molecule has 0 saturated heterocycles. The number of benzene rings is 2. The fraction of sp³-hybridized carbons (Fsp3) is 0.467. The van der Waals surface area contributed by atoms with Crippen molar-refractivity contribution in [1.82, 2.24) is 0 Å². The Balaban J connectivity index is 1.51. The van der Waals surface area contributed by atoms with Gasteiger partial charge in [0.15, 0.2) is 0 Å². The normalized spacial score (nSPS) is 24.8. The summed E-state index contributed by atoms with van der Waals surface area (Å²) in [7, 11) is -6.48. The van der Waals surface area contributed by atoms with Gasteiger partial charge in [0, 0.05) is 56.7 Å². The van der Waals surface area contributed by atoms with E-state index in [2.05, 4.69) is 0 Å². The third-order valence-electron chi connectivity index (χ3n) is 7.75. The minimum atomic E-state index is -4.34. The Bertz CT molecular complexity index is 1370. The van der Waals surface area contributed by atoms with Gasteiger partial charge in [-0.3, -0.25) is 8.42 Å². The molecule has 2 aliphatic rings. The number of hydrogen-bond donors (Lipinski definition) is 0. The molecule has 0 fully saturated rings. The second kappa shape index (κ2) is 13.5. The fourth-order valence-corrected chi connectivity index (χ4v) is 8.04. The predicted molar refractivity (Wildman–Crippen MR) is 164 cm³/mol. The molecule has 0 spiro atoms.